The molecule has 0 saturated carbocycles. The average molecular weight is 501 g/mol. The van der Waals surface area contributed by atoms with Crippen molar-refractivity contribution in [3.63, 3.8) is 0 Å². The molecular weight excluding hydrogens is 479 g/mol. The van der Waals surface area contributed by atoms with Crippen LogP contribution >= 0.6 is 34.5 Å². The Morgan fingerprint density at radius 1 is 1.03 bits per heavy atom. The normalized spacial score (nSPS) is 19.3. The van der Waals surface area contributed by atoms with E-state index in [1.807, 2.05) is 57.6 Å². The summed E-state index contributed by atoms with van der Waals surface area (Å²) in [4.78, 5) is 35.6. The number of benzene rings is 2. The van der Waals surface area contributed by atoms with E-state index in [1.54, 1.807) is 6.20 Å². The first-order valence-electron chi connectivity index (χ1n) is 10.8. The van der Waals surface area contributed by atoms with E-state index in [0.717, 1.165) is 29.9 Å². The van der Waals surface area contributed by atoms with Crippen LogP contribution in [0.3, 0.4) is 0 Å². The largest absolute Gasteiger partial charge is 0.334 e. The lowest BCUT2D eigenvalue weighted by molar-refractivity contribution is -0.117. The highest BCUT2D eigenvalue weighted by molar-refractivity contribution is 7.11. The Balaban J connectivity index is 1.27. The third-order valence-corrected chi connectivity index (χ3v) is 7.64. The summed E-state index contributed by atoms with van der Waals surface area (Å²) in [6.45, 7) is 3.41. The molecule has 1 aromatic heterocycles. The molecule has 9 heteroatoms. The van der Waals surface area contributed by atoms with E-state index in [0.29, 0.717) is 41.1 Å². The van der Waals surface area contributed by atoms with Gasteiger partial charge in [-0.15, -0.1) is 11.3 Å². The van der Waals surface area contributed by atoms with Crippen LogP contribution in [-0.4, -0.2) is 65.4 Å². The van der Waals surface area contributed by atoms with Gasteiger partial charge < -0.3 is 9.80 Å². The van der Waals surface area contributed by atoms with Gasteiger partial charge in [-0.1, -0.05) is 41.4 Å². The molecule has 33 heavy (non-hydrogen) atoms. The molecule has 2 aliphatic heterocycles. The van der Waals surface area contributed by atoms with E-state index in [9.17, 15) is 9.59 Å². The van der Waals surface area contributed by atoms with Gasteiger partial charge in [0.25, 0.3) is 5.91 Å². The lowest BCUT2D eigenvalue weighted by atomic mass is 10.0. The van der Waals surface area contributed by atoms with Crippen LogP contribution < -0.4 is 4.90 Å². The van der Waals surface area contributed by atoms with Crippen molar-refractivity contribution in [3.8, 4) is 11.1 Å². The van der Waals surface area contributed by atoms with Gasteiger partial charge in [0, 0.05) is 78.1 Å². The molecule has 0 bridgehead atoms. The Labute approximate surface area is 206 Å². The maximum Gasteiger partial charge on any atom is 0.282 e. The highest BCUT2D eigenvalue weighted by Gasteiger charge is 2.36. The summed E-state index contributed by atoms with van der Waals surface area (Å²) in [7, 11) is 0. The number of hydrogen-bond acceptors (Lipinski definition) is 5. The smallest absolute Gasteiger partial charge is 0.282 e. The van der Waals surface area contributed by atoms with Crippen molar-refractivity contribution in [3.05, 3.63) is 69.1 Å². The van der Waals surface area contributed by atoms with Gasteiger partial charge in [0.15, 0.2) is 5.01 Å². The van der Waals surface area contributed by atoms with Crippen molar-refractivity contribution < 1.29 is 9.59 Å². The SMILES string of the molecule is O=C(c1nccs1)N1CCN(C2CC(=O)N(c3cccc(-c4c(Cl)cccc4Cl)c3)C2)CC1. The zero-order valence-corrected chi connectivity index (χ0v) is 20.1. The number of carbonyl (C=O) groups excluding carboxylic acids is 2. The van der Waals surface area contributed by atoms with E-state index in [1.165, 1.54) is 11.3 Å². The Morgan fingerprint density at radius 3 is 2.45 bits per heavy atom. The first kappa shape index (κ1) is 22.3. The van der Waals surface area contributed by atoms with Gasteiger partial charge in [0.05, 0.1) is 0 Å². The van der Waals surface area contributed by atoms with Gasteiger partial charge in [-0.25, -0.2) is 4.98 Å². The number of piperazine rings is 1. The van der Waals surface area contributed by atoms with Crippen molar-refractivity contribution in [2.75, 3.05) is 37.6 Å². The minimum absolute atomic E-state index is 0.0103. The fraction of sp³-hybridized carbons (Fsp3) is 0.292. The number of carbonyl (C=O) groups is 2. The predicted octanol–water partition coefficient (Wildman–Crippen LogP) is 4.68. The number of halogens is 2. The highest BCUT2D eigenvalue weighted by Crippen LogP contribution is 2.37. The first-order chi connectivity index (χ1) is 16.0. The molecule has 6 nitrogen and oxygen atoms in total. The topological polar surface area (TPSA) is 56.8 Å². The average Bonchev–Trinajstić information content (AvgIpc) is 3.49. The standard InChI is InChI=1S/C24H22Cl2N4O2S/c25-19-5-2-6-20(26)22(19)16-3-1-4-17(13-16)30-15-18(14-21(30)31)28-8-10-29(11-9-28)24(32)23-27-7-12-33-23/h1-7,12-13,18H,8-11,14-15H2. The summed E-state index contributed by atoms with van der Waals surface area (Å²) in [5.41, 5.74) is 2.49. The fourth-order valence-corrected chi connectivity index (χ4v) is 5.76. The van der Waals surface area contributed by atoms with Crippen molar-refractivity contribution in [2.24, 2.45) is 0 Å². The molecule has 3 aromatic rings. The van der Waals surface area contributed by atoms with Crippen LogP contribution in [0, 0.1) is 0 Å². The second kappa shape index (κ2) is 9.43. The molecule has 3 heterocycles. The summed E-state index contributed by atoms with van der Waals surface area (Å²) in [5.74, 6) is 0.0903. The van der Waals surface area contributed by atoms with E-state index in [-0.39, 0.29) is 17.9 Å². The van der Waals surface area contributed by atoms with Crippen LogP contribution in [0.25, 0.3) is 11.1 Å². The number of rotatable bonds is 4. The van der Waals surface area contributed by atoms with Crippen LogP contribution in [0.1, 0.15) is 16.2 Å². The Hall–Kier alpha value is -2.45. The molecule has 0 aliphatic carbocycles. The van der Waals surface area contributed by atoms with Gasteiger partial charge in [0.1, 0.15) is 0 Å². The molecule has 2 aliphatic rings. The van der Waals surface area contributed by atoms with Gasteiger partial charge in [-0.3, -0.25) is 14.5 Å². The third-order valence-electron chi connectivity index (χ3n) is 6.25. The van der Waals surface area contributed by atoms with Crippen molar-refractivity contribution >= 4 is 52.0 Å². The summed E-state index contributed by atoms with van der Waals surface area (Å²) >= 11 is 14.2. The quantitative estimate of drug-likeness (QED) is 0.521. The number of nitrogens with zero attached hydrogens (tertiary/aromatic N) is 4. The van der Waals surface area contributed by atoms with E-state index in [2.05, 4.69) is 9.88 Å². The molecule has 0 radical (unpaired) electrons. The lowest BCUT2D eigenvalue weighted by Crippen LogP contribution is -2.52. The van der Waals surface area contributed by atoms with Crippen molar-refractivity contribution in [1.82, 2.24) is 14.8 Å². The maximum atomic E-state index is 12.9. The van der Waals surface area contributed by atoms with Gasteiger partial charge in [0.2, 0.25) is 5.91 Å². The monoisotopic (exact) mass is 500 g/mol. The lowest BCUT2D eigenvalue weighted by Gasteiger charge is -2.37. The number of aromatic nitrogens is 1. The zero-order valence-electron chi connectivity index (χ0n) is 17.8. The Morgan fingerprint density at radius 2 is 1.76 bits per heavy atom. The molecule has 2 saturated heterocycles. The minimum Gasteiger partial charge on any atom is -0.334 e. The molecule has 1 atom stereocenters. The Bertz CT molecular complexity index is 1160. The van der Waals surface area contributed by atoms with E-state index >= 15 is 0 Å². The molecule has 5 rings (SSSR count). The van der Waals surface area contributed by atoms with Gasteiger partial charge >= 0.3 is 0 Å². The maximum absolute atomic E-state index is 12.9. The van der Waals surface area contributed by atoms with Crippen LogP contribution in [0.5, 0.6) is 0 Å². The number of amides is 2. The fourth-order valence-electron chi connectivity index (χ4n) is 4.54. The first-order valence-corrected chi connectivity index (χ1v) is 12.4. The highest BCUT2D eigenvalue weighted by atomic mass is 35.5. The number of thiazole rings is 1. The van der Waals surface area contributed by atoms with E-state index < -0.39 is 0 Å². The molecule has 0 N–H and O–H groups in total. The van der Waals surface area contributed by atoms with Gasteiger partial charge in [-0.05, 0) is 29.8 Å². The summed E-state index contributed by atoms with van der Waals surface area (Å²) < 4.78 is 0. The summed E-state index contributed by atoms with van der Waals surface area (Å²) in [6.07, 6.45) is 2.12. The van der Waals surface area contributed by atoms with Crippen molar-refractivity contribution in [2.45, 2.75) is 12.5 Å². The second-order valence-corrected chi connectivity index (χ2v) is 9.88. The number of hydrogen-bond donors (Lipinski definition) is 0. The summed E-state index contributed by atoms with van der Waals surface area (Å²) in [5, 5.41) is 3.51. The molecule has 0 spiro atoms. The van der Waals surface area contributed by atoms with Crippen LogP contribution in [0.2, 0.25) is 10.0 Å². The third kappa shape index (κ3) is 4.51. The summed E-state index contributed by atoms with van der Waals surface area (Å²) in [6, 6.07) is 13.4. The molecule has 2 fully saturated rings. The number of anilines is 1. The van der Waals surface area contributed by atoms with Gasteiger partial charge in [-0.2, -0.15) is 0 Å². The molecular formula is C24H22Cl2N4O2S. The minimum atomic E-state index is -0.0103. The molecule has 1 unspecified atom stereocenters. The molecule has 170 valence electrons. The zero-order chi connectivity index (χ0) is 22.9. The van der Waals surface area contributed by atoms with Crippen LogP contribution in [0.15, 0.2) is 54.0 Å². The van der Waals surface area contributed by atoms with Crippen LogP contribution in [-0.2, 0) is 4.79 Å². The molecule has 2 amide bonds. The predicted molar refractivity (Wildman–Crippen MR) is 132 cm³/mol. The Kier molecular flexibility index (Phi) is 6.38. The van der Waals surface area contributed by atoms with Crippen molar-refractivity contribution in [1.29, 1.82) is 0 Å². The van der Waals surface area contributed by atoms with Crippen LogP contribution in [0.4, 0.5) is 5.69 Å². The second-order valence-electron chi connectivity index (χ2n) is 8.17. The molecule has 2 aromatic carbocycles. The van der Waals surface area contributed by atoms with E-state index in [4.69, 9.17) is 23.2 Å².